The standard InChI is InChI=1S/C11H17O2P/c1-3-4-8-12-14-13-11-7-5-6-10(2)9-11/h5-7,9,14H,3-4,8H2,1-2H3. The van der Waals surface area contributed by atoms with Crippen molar-refractivity contribution < 1.29 is 9.05 Å². The molecule has 0 spiro atoms. The summed E-state index contributed by atoms with van der Waals surface area (Å²) < 4.78 is 10.8. The van der Waals surface area contributed by atoms with Crippen molar-refractivity contribution in [3.63, 3.8) is 0 Å². The first kappa shape index (κ1) is 11.5. The molecule has 78 valence electrons. The van der Waals surface area contributed by atoms with Crippen molar-refractivity contribution >= 4 is 9.03 Å². The van der Waals surface area contributed by atoms with Gasteiger partial charge in [-0.05, 0) is 31.0 Å². The molecule has 1 atom stereocenters. The van der Waals surface area contributed by atoms with E-state index in [1.54, 1.807) is 0 Å². The van der Waals surface area contributed by atoms with E-state index >= 15 is 0 Å². The van der Waals surface area contributed by atoms with E-state index in [1.807, 2.05) is 31.2 Å². The van der Waals surface area contributed by atoms with Crippen LogP contribution in [0.5, 0.6) is 5.75 Å². The molecule has 0 amide bonds. The summed E-state index contributed by atoms with van der Waals surface area (Å²) in [4.78, 5) is 0. The molecule has 1 aromatic rings. The van der Waals surface area contributed by atoms with Crippen LogP contribution in [0.2, 0.25) is 0 Å². The maximum atomic E-state index is 5.44. The van der Waals surface area contributed by atoms with E-state index in [-0.39, 0.29) is 9.03 Å². The molecule has 0 aliphatic heterocycles. The zero-order valence-electron chi connectivity index (χ0n) is 8.75. The minimum absolute atomic E-state index is 0.116. The molecule has 0 aliphatic carbocycles. The highest BCUT2D eigenvalue weighted by molar-refractivity contribution is 7.26. The van der Waals surface area contributed by atoms with Crippen LogP contribution in [0.3, 0.4) is 0 Å². The first-order chi connectivity index (χ1) is 6.83. The summed E-state index contributed by atoms with van der Waals surface area (Å²) in [6, 6.07) is 7.99. The molecule has 0 fully saturated rings. The number of aryl methyl sites for hydroxylation is 1. The van der Waals surface area contributed by atoms with Gasteiger partial charge in [-0.3, -0.25) is 0 Å². The van der Waals surface area contributed by atoms with Gasteiger partial charge in [-0.1, -0.05) is 25.5 Å². The molecule has 1 aromatic carbocycles. The first-order valence-corrected chi connectivity index (χ1v) is 5.75. The van der Waals surface area contributed by atoms with E-state index in [0.717, 1.165) is 25.2 Å². The van der Waals surface area contributed by atoms with Crippen molar-refractivity contribution in [3.05, 3.63) is 29.8 Å². The van der Waals surface area contributed by atoms with E-state index in [2.05, 4.69) is 6.92 Å². The molecule has 14 heavy (non-hydrogen) atoms. The minimum atomic E-state index is 0.116. The summed E-state index contributed by atoms with van der Waals surface area (Å²) in [7, 11) is 0.116. The molecule has 0 aromatic heterocycles. The maximum absolute atomic E-state index is 5.44. The molecule has 0 saturated carbocycles. The van der Waals surface area contributed by atoms with Gasteiger partial charge in [-0.2, -0.15) is 0 Å². The second kappa shape index (κ2) is 6.80. The molecule has 0 aliphatic rings. The van der Waals surface area contributed by atoms with Crippen molar-refractivity contribution in [1.82, 2.24) is 0 Å². The van der Waals surface area contributed by atoms with Gasteiger partial charge in [-0.25, -0.2) is 0 Å². The molecule has 0 saturated heterocycles. The Kier molecular flexibility index (Phi) is 5.58. The first-order valence-electron chi connectivity index (χ1n) is 4.93. The lowest BCUT2D eigenvalue weighted by atomic mass is 10.2. The van der Waals surface area contributed by atoms with Gasteiger partial charge >= 0.3 is 0 Å². The normalized spacial score (nSPS) is 11.0. The average Bonchev–Trinajstić information content (AvgIpc) is 2.18. The second-order valence-electron chi connectivity index (χ2n) is 3.20. The summed E-state index contributed by atoms with van der Waals surface area (Å²) in [6.07, 6.45) is 2.26. The lowest BCUT2D eigenvalue weighted by Crippen LogP contribution is -1.86. The van der Waals surface area contributed by atoms with Gasteiger partial charge in [0.25, 0.3) is 0 Å². The Hall–Kier alpha value is -0.590. The molecule has 3 heteroatoms. The Bertz CT molecular complexity index is 263. The monoisotopic (exact) mass is 212 g/mol. The molecule has 0 radical (unpaired) electrons. The Morgan fingerprint density at radius 3 is 2.93 bits per heavy atom. The molecule has 2 nitrogen and oxygen atoms in total. The summed E-state index contributed by atoms with van der Waals surface area (Å²) in [5.41, 5.74) is 1.21. The van der Waals surface area contributed by atoms with Crippen LogP contribution < -0.4 is 4.52 Å². The van der Waals surface area contributed by atoms with Gasteiger partial charge in [0, 0.05) is 0 Å². The largest absolute Gasteiger partial charge is 0.450 e. The maximum Gasteiger partial charge on any atom is 0.215 e. The van der Waals surface area contributed by atoms with Crippen LogP contribution >= 0.6 is 9.03 Å². The Morgan fingerprint density at radius 2 is 2.21 bits per heavy atom. The lowest BCUT2D eigenvalue weighted by molar-refractivity contribution is 0.321. The van der Waals surface area contributed by atoms with Gasteiger partial charge in [0.15, 0.2) is 0 Å². The van der Waals surface area contributed by atoms with Gasteiger partial charge in [0.1, 0.15) is 5.75 Å². The second-order valence-corrected chi connectivity index (χ2v) is 3.86. The van der Waals surface area contributed by atoms with Gasteiger partial charge in [-0.15, -0.1) is 0 Å². The highest BCUT2D eigenvalue weighted by Crippen LogP contribution is 2.22. The van der Waals surface area contributed by atoms with Crippen LogP contribution in [0.4, 0.5) is 0 Å². The summed E-state index contributed by atoms with van der Waals surface area (Å²) in [5, 5.41) is 0. The fraction of sp³-hybridized carbons (Fsp3) is 0.455. The smallest absolute Gasteiger partial charge is 0.215 e. The van der Waals surface area contributed by atoms with Crippen LogP contribution in [0.15, 0.2) is 24.3 Å². The van der Waals surface area contributed by atoms with E-state index in [0.29, 0.717) is 0 Å². The molecule has 0 N–H and O–H groups in total. The third kappa shape index (κ3) is 4.59. The van der Waals surface area contributed by atoms with E-state index in [1.165, 1.54) is 5.56 Å². The third-order valence-corrected chi connectivity index (χ3v) is 2.45. The molecule has 1 rings (SSSR count). The van der Waals surface area contributed by atoms with Crippen molar-refractivity contribution in [2.75, 3.05) is 6.61 Å². The topological polar surface area (TPSA) is 18.5 Å². The number of unbranched alkanes of at least 4 members (excludes halogenated alkanes) is 1. The van der Waals surface area contributed by atoms with E-state index < -0.39 is 0 Å². The third-order valence-electron chi connectivity index (χ3n) is 1.81. The predicted molar refractivity (Wildman–Crippen MR) is 61.0 cm³/mol. The highest BCUT2D eigenvalue weighted by Gasteiger charge is 1.93. The zero-order valence-corrected chi connectivity index (χ0v) is 9.75. The van der Waals surface area contributed by atoms with Crippen molar-refractivity contribution in [1.29, 1.82) is 0 Å². The molecular formula is C11H17O2P. The highest BCUT2D eigenvalue weighted by atomic mass is 31.1. The van der Waals surface area contributed by atoms with Crippen molar-refractivity contribution in [2.45, 2.75) is 26.7 Å². The van der Waals surface area contributed by atoms with Crippen molar-refractivity contribution in [3.8, 4) is 5.75 Å². The molecule has 0 bridgehead atoms. The number of hydrogen-bond acceptors (Lipinski definition) is 2. The van der Waals surface area contributed by atoms with Crippen LogP contribution in [0.1, 0.15) is 25.3 Å². The van der Waals surface area contributed by atoms with E-state index in [4.69, 9.17) is 9.05 Å². The summed E-state index contributed by atoms with van der Waals surface area (Å²) >= 11 is 0. The number of benzene rings is 1. The predicted octanol–water partition coefficient (Wildman–Crippen LogP) is 3.70. The van der Waals surface area contributed by atoms with Gasteiger partial charge in [0.2, 0.25) is 9.03 Å². The molecule has 1 unspecified atom stereocenters. The van der Waals surface area contributed by atoms with Crippen molar-refractivity contribution in [2.24, 2.45) is 0 Å². The fourth-order valence-corrected chi connectivity index (χ4v) is 1.52. The quantitative estimate of drug-likeness (QED) is 0.528. The SMILES string of the molecule is CCCCOPOc1cccc(C)c1. The number of rotatable bonds is 6. The molecular weight excluding hydrogens is 195 g/mol. The van der Waals surface area contributed by atoms with Crippen LogP contribution in [0.25, 0.3) is 0 Å². The fourth-order valence-electron chi connectivity index (χ4n) is 1.01. The average molecular weight is 212 g/mol. The minimum Gasteiger partial charge on any atom is -0.450 e. The van der Waals surface area contributed by atoms with Crippen LogP contribution in [0, 0.1) is 6.92 Å². The van der Waals surface area contributed by atoms with Gasteiger partial charge < -0.3 is 9.05 Å². The van der Waals surface area contributed by atoms with E-state index in [9.17, 15) is 0 Å². The molecule has 0 heterocycles. The summed E-state index contributed by atoms with van der Waals surface area (Å²) in [6.45, 7) is 4.99. The zero-order chi connectivity index (χ0) is 10.2. The summed E-state index contributed by atoms with van der Waals surface area (Å²) in [5.74, 6) is 0.889. The van der Waals surface area contributed by atoms with Crippen LogP contribution in [-0.4, -0.2) is 6.61 Å². The Morgan fingerprint density at radius 1 is 1.36 bits per heavy atom. The Labute approximate surface area is 87.6 Å². The van der Waals surface area contributed by atoms with Gasteiger partial charge in [0.05, 0.1) is 6.61 Å². The lowest BCUT2D eigenvalue weighted by Gasteiger charge is -2.05. The number of hydrogen-bond donors (Lipinski definition) is 0. The van der Waals surface area contributed by atoms with Crippen LogP contribution in [-0.2, 0) is 4.52 Å². The Balaban J connectivity index is 2.18.